The first kappa shape index (κ1) is 43.7. The van der Waals surface area contributed by atoms with Crippen molar-refractivity contribution in [2.24, 2.45) is 0 Å². The summed E-state index contributed by atoms with van der Waals surface area (Å²) in [6, 6.07) is 49.2. The molecule has 0 atom stereocenters. The largest absolute Gasteiger partial charge is 0.103 e. The molecule has 46 heavy (non-hydrogen) atoms. The molecule has 0 aliphatic heterocycles. The Morgan fingerprint density at radius 3 is 0.848 bits per heavy atom. The first-order valence-corrected chi connectivity index (χ1v) is 17.4. The number of benzene rings is 6. The van der Waals surface area contributed by atoms with Crippen LogP contribution in [0.4, 0.5) is 0 Å². The summed E-state index contributed by atoms with van der Waals surface area (Å²) in [5.41, 5.74) is 6.46. The van der Waals surface area contributed by atoms with E-state index in [2.05, 4.69) is 117 Å². The Balaban J connectivity index is 0. The van der Waals surface area contributed by atoms with Crippen molar-refractivity contribution in [3.8, 4) is 22.3 Å². The van der Waals surface area contributed by atoms with Crippen LogP contribution in [0.2, 0.25) is 0 Å². The van der Waals surface area contributed by atoms with Gasteiger partial charge in [-0.2, -0.15) is 0 Å². The molecule has 6 aromatic rings. The topological polar surface area (TPSA) is 0 Å². The van der Waals surface area contributed by atoms with Gasteiger partial charge in [0.2, 0.25) is 0 Å². The van der Waals surface area contributed by atoms with E-state index in [1.54, 1.807) is 6.08 Å². The van der Waals surface area contributed by atoms with Gasteiger partial charge in [0, 0.05) is 0 Å². The molecular formula is C46H62. The molecule has 0 aliphatic rings. The van der Waals surface area contributed by atoms with Gasteiger partial charge in [-0.15, -0.1) is 6.58 Å². The highest BCUT2D eigenvalue weighted by Gasteiger charge is 2.15. The lowest BCUT2D eigenvalue weighted by atomic mass is 9.86. The molecule has 0 spiro atoms. The zero-order chi connectivity index (χ0) is 35.2. The molecule has 6 rings (SSSR count). The third-order valence-electron chi connectivity index (χ3n) is 6.00. The molecule has 0 saturated heterocycles. The lowest BCUT2D eigenvalue weighted by Gasteiger charge is -2.17. The van der Waals surface area contributed by atoms with E-state index in [9.17, 15) is 0 Å². The molecule has 0 heterocycles. The van der Waals surface area contributed by atoms with Gasteiger partial charge in [-0.25, -0.2) is 0 Å². The molecule has 0 saturated carbocycles. The Labute approximate surface area is 283 Å². The van der Waals surface area contributed by atoms with Crippen LogP contribution >= 0.6 is 0 Å². The molecule has 0 aromatic heterocycles. The lowest BCUT2D eigenvalue weighted by molar-refractivity contribution is 1.47. The van der Waals surface area contributed by atoms with Gasteiger partial charge in [0.05, 0.1) is 0 Å². The highest BCUT2D eigenvalue weighted by molar-refractivity contribution is 6.21. The standard InChI is InChI=1S/C27H20.C6H6.C3H6.5C2H6/c1-19-15-17-21(18-16-19)27-24-13-7-5-11-22(24)26(20-9-3-2-4-10-20)23-12-6-8-14-25(23)27;1-2-4-6-5-3-1;1-3-2;5*1-2/h2-18H,1H3;1-6H;3H,1H2,2H3;5*1-2H3. The van der Waals surface area contributed by atoms with Crippen LogP contribution in [0.3, 0.4) is 0 Å². The van der Waals surface area contributed by atoms with Crippen LogP contribution in [-0.4, -0.2) is 0 Å². The fourth-order valence-corrected chi connectivity index (χ4v) is 4.46. The highest BCUT2D eigenvalue weighted by Crippen LogP contribution is 2.43. The number of hydrogen-bond donors (Lipinski definition) is 0. The van der Waals surface area contributed by atoms with Crippen LogP contribution in [0.1, 0.15) is 81.7 Å². The fourth-order valence-electron chi connectivity index (χ4n) is 4.46. The van der Waals surface area contributed by atoms with Gasteiger partial charge in [0.1, 0.15) is 0 Å². The van der Waals surface area contributed by atoms with Crippen LogP contribution in [0.5, 0.6) is 0 Å². The average Bonchev–Trinajstić information content (AvgIpc) is 3.17. The maximum absolute atomic E-state index is 3.36. The van der Waals surface area contributed by atoms with Crippen molar-refractivity contribution >= 4 is 21.5 Å². The summed E-state index contributed by atoms with van der Waals surface area (Å²) >= 11 is 0. The van der Waals surface area contributed by atoms with E-state index >= 15 is 0 Å². The number of hydrogen-bond acceptors (Lipinski definition) is 0. The van der Waals surface area contributed by atoms with E-state index in [-0.39, 0.29) is 0 Å². The molecule has 0 radical (unpaired) electrons. The van der Waals surface area contributed by atoms with E-state index in [1.165, 1.54) is 49.4 Å². The van der Waals surface area contributed by atoms with Crippen LogP contribution in [0.15, 0.2) is 152 Å². The van der Waals surface area contributed by atoms with Crippen LogP contribution < -0.4 is 0 Å². The Hall–Kier alpha value is -4.42. The van der Waals surface area contributed by atoms with E-state index in [0.29, 0.717) is 0 Å². The van der Waals surface area contributed by atoms with E-state index < -0.39 is 0 Å². The van der Waals surface area contributed by atoms with E-state index in [1.807, 2.05) is 113 Å². The van der Waals surface area contributed by atoms with Gasteiger partial charge in [0.25, 0.3) is 0 Å². The van der Waals surface area contributed by atoms with E-state index in [4.69, 9.17) is 0 Å². The van der Waals surface area contributed by atoms with Gasteiger partial charge in [-0.1, -0.05) is 220 Å². The number of fused-ring (bicyclic) bond motifs is 2. The normalized spacial score (nSPS) is 8.52. The SMILES string of the molecule is C=CC.CC.CC.CC.CC.CC.Cc1ccc(-c2c3ccccc3c(-c3ccccc3)c3ccccc23)cc1.c1ccccc1. The van der Waals surface area contributed by atoms with Crippen molar-refractivity contribution in [2.75, 3.05) is 0 Å². The smallest absolute Gasteiger partial charge is 0.00264 e. The Kier molecular flexibility index (Phi) is 27.8. The minimum Gasteiger partial charge on any atom is -0.103 e. The minimum atomic E-state index is 1.26. The molecule has 0 aliphatic carbocycles. The second-order valence-corrected chi connectivity index (χ2v) is 8.64. The highest BCUT2D eigenvalue weighted by atomic mass is 14.2. The average molecular weight is 615 g/mol. The van der Waals surface area contributed by atoms with Gasteiger partial charge < -0.3 is 0 Å². The van der Waals surface area contributed by atoms with Gasteiger partial charge in [-0.05, 0) is 57.6 Å². The summed E-state index contributed by atoms with van der Waals surface area (Å²) in [7, 11) is 0. The molecule has 0 bridgehead atoms. The lowest BCUT2D eigenvalue weighted by Crippen LogP contribution is -1.90. The molecule has 0 unspecified atom stereocenters. The second-order valence-electron chi connectivity index (χ2n) is 8.64. The van der Waals surface area contributed by atoms with Crippen LogP contribution in [0, 0.1) is 6.92 Å². The molecule has 0 amide bonds. The van der Waals surface area contributed by atoms with Gasteiger partial charge >= 0.3 is 0 Å². The fraction of sp³-hybridized carbons (Fsp3) is 0.261. The number of aryl methyl sites for hydroxylation is 1. The number of allylic oxidation sites excluding steroid dienone is 1. The zero-order valence-corrected chi connectivity index (χ0v) is 31.1. The van der Waals surface area contributed by atoms with Crippen molar-refractivity contribution in [3.05, 3.63) is 158 Å². The summed E-state index contributed by atoms with van der Waals surface area (Å²) < 4.78 is 0. The minimum absolute atomic E-state index is 1.26. The Morgan fingerprint density at radius 2 is 0.565 bits per heavy atom. The number of rotatable bonds is 2. The molecule has 246 valence electrons. The molecule has 0 fully saturated rings. The van der Waals surface area contributed by atoms with Crippen LogP contribution in [0.25, 0.3) is 43.8 Å². The van der Waals surface area contributed by atoms with Gasteiger partial charge in [-0.3, -0.25) is 0 Å². The van der Waals surface area contributed by atoms with Gasteiger partial charge in [0.15, 0.2) is 0 Å². The summed E-state index contributed by atoms with van der Waals surface area (Å²) in [4.78, 5) is 0. The molecule has 0 N–H and O–H groups in total. The Morgan fingerprint density at radius 1 is 0.348 bits per heavy atom. The van der Waals surface area contributed by atoms with E-state index in [0.717, 1.165) is 0 Å². The Bertz CT molecular complexity index is 1440. The quantitative estimate of drug-likeness (QED) is 0.134. The summed E-state index contributed by atoms with van der Waals surface area (Å²) in [5, 5.41) is 5.22. The zero-order valence-electron chi connectivity index (χ0n) is 31.1. The third kappa shape index (κ3) is 13.7. The summed E-state index contributed by atoms with van der Waals surface area (Å²) in [6.07, 6.45) is 1.75. The molecule has 6 aromatic carbocycles. The summed E-state index contributed by atoms with van der Waals surface area (Å²) in [5.74, 6) is 0. The molecule has 0 heteroatoms. The predicted octanol–water partition coefficient (Wildman–Crippen LogP) is 15.6. The van der Waals surface area contributed by atoms with Crippen molar-refractivity contribution in [1.29, 1.82) is 0 Å². The first-order chi connectivity index (χ1) is 22.7. The molecule has 0 nitrogen and oxygen atoms in total. The van der Waals surface area contributed by atoms with Crippen molar-refractivity contribution in [2.45, 2.75) is 83.1 Å². The maximum atomic E-state index is 3.36. The summed E-state index contributed by atoms with van der Waals surface area (Å²) in [6.45, 7) is 27.4. The van der Waals surface area contributed by atoms with Crippen molar-refractivity contribution < 1.29 is 0 Å². The predicted molar refractivity (Wildman–Crippen MR) is 216 cm³/mol. The third-order valence-corrected chi connectivity index (χ3v) is 6.00. The first-order valence-electron chi connectivity index (χ1n) is 17.4. The van der Waals surface area contributed by atoms with Crippen molar-refractivity contribution in [1.82, 2.24) is 0 Å². The second kappa shape index (κ2) is 29.3. The molecular weight excluding hydrogens is 553 g/mol. The van der Waals surface area contributed by atoms with Crippen LogP contribution in [-0.2, 0) is 0 Å². The maximum Gasteiger partial charge on any atom is -0.00264 e. The monoisotopic (exact) mass is 614 g/mol. The van der Waals surface area contributed by atoms with Crippen molar-refractivity contribution in [3.63, 3.8) is 0 Å².